The normalized spacial score (nSPS) is 9.25. The first-order valence-electron chi connectivity index (χ1n) is 3.64. The van der Waals surface area contributed by atoms with Gasteiger partial charge in [-0.1, -0.05) is 0 Å². The molecule has 0 saturated carbocycles. The van der Waals surface area contributed by atoms with Gasteiger partial charge in [-0.15, -0.1) is 0 Å². The zero-order chi connectivity index (χ0) is 15.7. The molecule has 0 bridgehead atoms. The van der Waals surface area contributed by atoms with Crippen molar-refractivity contribution in [3.05, 3.63) is 11.5 Å². The van der Waals surface area contributed by atoms with E-state index >= 15 is 0 Å². The van der Waals surface area contributed by atoms with Gasteiger partial charge in [-0.2, -0.15) is 26.3 Å². The monoisotopic (exact) mass is 412 g/mol. The molecule has 0 aliphatic carbocycles. The Labute approximate surface area is 134 Å². The molecule has 0 aliphatic rings. The third-order valence-corrected chi connectivity index (χ3v) is 0.515. The maximum atomic E-state index is 10.6. The minimum Gasteiger partial charge on any atom is -0.660 e. The van der Waals surface area contributed by atoms with Crippen LogP contribution in [0.1, 0.15) is 0 Å². The fourth-order valence-corrected chi connectivity index (χ4v) is 0. The molecule has 0 aromatic heterocycles. The predicted octanol–water partition coefficient (Wildman–Crippen LogP) is 1.34. The topological polar surface area (TPSA) is 122 Å². The molecule has 112 valence electrons. The molecule has 0 atom stereocenters. The molecular formula is C5H7BF6N2O4Zn2-2. The van der Waals surface area contributed by atoms with Crippen molar-refractivity contribution in [2.45, 2.75) is 19.2 Å². The predicted molar refractivity (Wildman–Crippen MR) is 46.8 cm³/mol. The number of hydrogen-bond acceptors (Lipinski definition) is 4. The minimum absolute atomic E-state index is 0. The minimum atomic E-state index is -4.97. The summed E-state index contributed by atoms with van der Waals surface area (Å²) in [7, 11) is -1.17. The van der Waals surface area contributed by atoms with Gasteiger partial charge >= 0.3 is 19.5 Å². The molecule has 0 aliphatic heterocycles. The van der Waals surface area contributed by atoms with Crippen LogP contribution in [0.5, 0.6) is 0 Å². The van der Waals surface area contributed by atoms with Crippen molar-refractivity contribution in [1.82, 2.24) is 0 Å². The SMILES string of the molecule is CB(O)O.[NH-]C(=O)C(F)(F)F.[NH-]C(=O)C(F)(F)F.[Zn].[Zn]. The van der Waals surface area contributed by atoms with E-state index in [1.54, 1.807) is 0 Å². The van der Waals surface area contributed by atoms with E-state index in [-0.39, 0.29) is 39.0 Å². The molecule has 0 rings (SSSR count). The van der Waals surface area contributed by atoms with Crippen molar-refractivity contribution in [2.24, 2.45) is 0 Å². The van der Waals surface area contributed by atoms with Gasteiger partial charge in [-0.05, 0) is 6.82 Å². The average molecular weight is 415 g/mol. The quantitative estimate of drug-likeness (QED) is 0.458. The van der Waals surface area contributed by atoms with Crippen LogP contribution in [0.25, 0.3) is 11.5 Å². The third kappa shape index (κ3) is 36.1. The van der Waals surface area contributed by atoms with Crippen LogP contribution in [-0.4, -0.2) is 41.3 Å². The summed E-state index contributed by atoms with van der Waals surface area (Å²) in [4.78, 5) is 18.0. The van der Waals surface area contributed by atoms with Crippen molar-refractivity contribution in [3.8, 4) is 0 Å². The molecule has 0 aromatic rings. The summed E-state index contributed by atoms with van der Waals surface area (Å²) >= 11 is 0. The van der Waals surface area contributed by atoms with E-state index in [1.807, 2.05) is 0 Å². The third-order valence-electron chi connectivity index (χ3n) is 0.515. The zero-order valence-corrected chi connectivity index (χ0v) is 15.9. The summed E-state index contributed by atoms with van der Waals surface area (Å²) in [6, 6.07) is 0. The molecule has 0 aromatic carbocycles. The number of halogens is 6. The first kappa shape index (κ1) is 31.9. The second-order valence-electron chi connectivity index (χ2n) is 2.29. The number of amides is 2. The second-order valence-corrected chi connectivity index (χ2v) is 2.29. The zero-order valence-electron chi connectivity index (χ0n) is 9.97. The Morgan fingerprint density at radius 3 is 0.900 bits per heavy atom. The Morgan fingerprint density at radius 1 is 0.850 bits per heavy atom. The van der Waals surface area contributed by atoms with Crippen LogP contribution in [0, 0.1) is 0 Å². The van der Waals surface area contributed by atoms with E-state index in [0.717, 1.165) is 0 Å². The van der Waals surface area contributed by atoms with E-state index in [0.29, 0.717) is 0 Å². The van der Waals surface area contributed by atoms with Crippen LogP contribution in [0.3, 0.4) is 0 Å². The first-order chi connectivity index (χ1) is 7.62. The largest absolute Gasteiger partial charge is 0.660 e. The Hall–Kier alpha value is -0.248. The molecule has 4 N–H and O–H groups in total. The fraction of sp³-hybridized carbons (Fsp3) is 0.600. The Balaban J connectivity index is -0.0000000555. The van der Waals surface area contributed by atoms with Gasteiger partial charge in [0.25, 0.3) is 0 Å². The molecule has 2 amide bonds. The van der Waals surface area contributed by atoms with Crippen LogP contribution in [0.15, 0.2) is 0 Å². The first-order valence-corrected chi connectivity index (χ1v) is 3.64. The summed E-state index contributed by atoms with van der Waals surface area (Å²) in [6.45, 7) is 1.28. The van der Waals surface area contributed by atoms with Crippen molar-refractivity contribution in [3.63, 3.8) is 0 Å². The van der Waals surface area contributed by atoms with Crippen molar-refractivity contribution in [1.29, 1.82) is 0 Å². The summed E-state index contributed by atoms with van der Waals surface area (Å²) in [5.41, 5.74) is 10.9. The molecule has 6 nitrogen and oxygen atoms in total. The van der Waals surface area contributed by atoms with Crippen molar-refractivity contribution in [2.75, 3.05) is 0 Å². The van der Waals surface area contributed by atoms with E-state index < -0.39 is 31.3 Å². The van der Waals surface area contributed by atoms with Crippen LogP contribution in [0.2, 0.25) is 6.82 Å². The number of nitrogens with one attached hydrogen (secondary N) is 2. The molecule has 0 radical (unpaired) electrons. The summed E-state index contributed by atoms with van der Waals surface area (Å²) < 4.78 is 63.8. The Kier molecular flexibility index (Phi) is 21.9. The smallest absolute Gasteiger partial charge is 0.448 e. The molecule has 0 fully saturated rings. The number of carbonyl (C=O) groups is 2. The molecule has 0 unspecified atom stereocenters. The van der Waals surface area contributed by atoms with Crippen LogP contribution >= 0.6 is 0 Å². The Morgan fingerprint density at radius 2 is 0.900 bits per heavy atom. The van der Waals surface area contributed by atoms with Crippen molar-refractivity contribution < 1.29 is 84.9 Å². The standard InChI is InChI=1S/2C2H2F3NO.CH5BO2.2Zn/c2*3-2(4,5)1(6)7;1-2(3)4;;/h2*(H2,6,7);3-4H,1H3;;/p-2. The van der Waals surface area contributed by atoms with Gasteiger partial charge < -0.3 is 31.1 Å². The van der Waals surface area contributed by atoms with Gasteiger partial charge in [0.2, 0.25) is 0 Å². The average Bonchev–Trinajstić information content (AvgIpc) is 1.99. The van der Waals surface area contributed by atoms with E-state index in [2.05, 4.69) is 0 Å². The maximum Gasteiger partial charge on any atom is 0.448 e. The molecule has 0 spiro atoms. The summed E-state index contributed by atoms with van der Waals surface area (Å²) in [5, 5.41) is 15.2. The van der Waals surface area contributed by atoms with E-state index in [1.165, 1.54) is 6.82 Å². The summed E-state index contributed by atoms with van der Waals surface area (Å²) in [6.07, 6.45) is -9.94. The molecule has 0 heterocycles. The van der Waals surface area contributed by atoms with Gasteiger partial charge in [0.15, 0.2) is 11.8 Å². The van der Waals surface area contributed by atoms with Crippen molar-refractivity contribution >= 4 is 18.9 Å². The van der Waals surface area contributed by atoms with Gasteiger partial charge in [-0.25, -0.2) is 0 Å². The Bertz CT molecular complexity index is 248. The fourth-order valence-electron chi connectivity index (χ4n) is 0. The van der Waals surface area contributed by atoms with Gasteiger partial charge in [-0.3, -0.25) is 0 Å². The number of alkyl halides is 6. The van der Waals surface area contributed by atoms with Crippen LogP contribution in [0.4, 0.5) is 26.3 Å². The van der Waals surface area contributed by atoms with Crippen LogP contribution in [-0.2, 0) is 48.5 Å². The number of carbonyl (C=O) groups excluding carboxylic acids is 2. The number of hydrogen-bond donors (Lipinski definition) is 2. The number of rotatable bonds is 0. The maximum absolute atomic E-state index is 10.6. The molecule has 0 saturated heterocycles. The van der Waals surface area contributed by atoms with Crippen LogP contribution < -0.4 is 0 Å². The van der Waals surface area contributed by atoms with Gasteiger partial charge in [0.05, 0.1) is 0 Å². The van der Waals surface area contributed by atoms with Gasteiger partial charge in [0.1, 0.15) is 0 Å². The molecule has 20 heavy (non-hydrogen) atoms. The van der Waals surface area contributed by atoms with E-state index in [9.17, 15) is 26.3 Å². The van der Waals surface area contributed by atoms with E-state index in [4.69, 9.17) is 31.1 Å². The molecular weight excluding hydrogens is 408 g/mol. The molecule has 15 heteroatoms. The second kappa shape index (κ2) is 13.7. The van der Waals surface area contributed by atoms with Gasteiger partial charge in [0, 0.05) is 39.0 Å². The summed E-state index contributed by atoms with van der Waals surface area (Å²) in [5.74, 6) is -5.01.